The highest BCUT2D eigenvalue weighted by atomic mass is 32.1. The highest BCUT2D eigenvalue weighted by molar-refractivity contribution is 7.15. The first-order chi connectivity index (χ1) is 8.62. The number of halogens is 1. The average molecular weight is 262 g/mol. The molecule has 1 aliphatic carbocycles. The van der Waals surface area contributed by atoms with Crippen LogP contribution in [0.4, 0.5) is 4.39 Å². The standard InChI is InChI=1S/C14H11FO2S/c15-10-3-1-9(2-4-10)11-5-6-12(18-11)14(7-8-14)13(16)17/h1-6H,7-8H2,(H,16,17). The van der Waals surface area contributed by atoms with E-state index in [0.717, 1.165) is 15.3 Å². The maximum Gasteiger partial charge on any atom is 0.314 e. The van der Waals surface area contributed by atoms with Crippen LogP contribution < -0.4 is 0 Å². The third-order valence-corrected chi connectivity index (χ3v) is 4.70. The van der Waals surface area contributed by atoms with Crippen LogP contribution in [-0.2, 0) is 10.2 Å². The van der Waals surface area contributed by atoms with E-state index < -0.39 is 11.4 Å². The molecule has 1 saturated carbocycles. The van der Waals surface area contributed by atoms with Crippen LogP contribution >= 0.6 is 11.3 Å². The molecule has 1 N–H and O–H groups in total. The molecule has 0 saturated heterocycles. The normalized spacial score (nSPS) is 16.5. The summed E-state index contributed by atoms with van der Waals surface area (Å²) in [5.41, 5.74) is 0.275. The summed E-state index contributed by atoms with van der Waals surface area (Å²) in [5.74, 6) is -1.00. The average Bonchev–Trinajstić information content (AvgIpc) is 3.03. The third kappa shape index (κ3) is 1.73. The van der Waals surface area contributed by atoms with E-state index in [1.54, 1.807) is 12.1 Å². The molecule has 0 spiro atoms. The number of rotatable bonds is 3. The quantitative estimate of drug-likeness (QED) is 0.916. The zero-order valence-corrected chi connectivity index (χ0v) is 10.3. The van der Waals surface area contributed by atoms with Gasteiger partial charge in [0.15, 0.2) is 0 Å². The fraction of sp³-hybridized carbons (Fsp3) is 0.214. The lowest BCUT2D eigenvalue weighted by Gasteiger charge is -2.05. The fourth-order valence-corrected chi connectivity index (χ4v) is 3.30. The molecule has 1 heterocycles. The van der Waals surface area contributed by atoms with Gasteiger partial charge in [-0.1, -0.05) is 12.1 Å². The summed E-state index contributed by atoms with van der Waals surface area (Å²) in [4.78, 5) is 13.1. The van der Waals surface area contributed by atoms with E-state index in [1.165, 1.54) is 23.5 Å². The number of carboxylic acid groups (broad SMARTS) is 1. The molecule has 3 rings (SSSR count). The lowest BCUT2D eigenvalue weighted by molar-refractivity contribution is -0.139. The molecule has 0 amide bonds. The Labute approximate surface area is 108 Å². The summed E-state index contributed by atoms with van der Waals surface area (Å²) in [5, 5.41) is 9.23. The summed E-state index contributed by atoms with van der Waals surface area (Å²) in [6, 6.07) is 10.1. The van der Waals surface area contributed by atoms with Crippen LogP contribution in [0.1, 0.15) is 17.7 Å². The van der Waals surface area contributed by atoms with Crippen molar-refractivity contribution in [3.63, 3.8) is 0 Å². The van der Waals surface area contributed by atoms with Crippen molar-refractivity contribution in [1.82, 2.24) is 0 Å². The molecular formula is C14H11FO2S. The summed E-state index contributed by atoms with van der Waals surface area (Å²) in [6.45, 7) is 0. The molecule has 1 fully saturated rings. The van der Waals surface area contributed by atoms with Crippen LogP contribution in [0, 0.1) is 5.82 Å². The summed E-state index contributed by atoms with van der Waals surface area (Å²) >= 11 is 1.49. The predicted octanol–water partition coefficient (Wildman–Crippen LogP) is 3.67. The van der Waals surface area contributed by atoms with Crippen molar-refractivity contribution < 1.29 is 14.3 Å². The molecule has 2 aromatic rings. The Morgan fingerprint density at radius 2 is 1.83 bits per heavy atom. The van der Waals surface area contributed by atoms with Gasteiger partial charge in [-0.2, -0.15) is 0 Å². The van der Waals surface area contributed by atoms with Gasteiger partial charge < -0.3 is 5.11 Å². The molecular weight excluding hydrogens is 251 g/mol. The molecule has 4 heteroatoms. The molecule has 18 heavy (non-hydrogen) atoms. The molecule has 1 aromatic heterocycles. The van der Waals surface area contributed by atoms with E-state index in [1.807, 2.05) is 12.1 Å². The lowest BCUT2D eigenvalue weighted by atomic mass is 10.1. The van der Waals surface area contributed by atoms with E-state index in [4.69, 9.17) is 0 Å². The minimum atomic E-state index is -0.741. The maximum atomic E-state index is 12.8. The SMILES string of the molecule is O=C(O)C1(c2ccc(-c3ccc(F)cc3)s2)CC1. The summed E-state index contributed by atoms with van der Waals surface area (Å²) in [7, 11) is 0. The van der Waals surface area contributed by atoms with Gasteiger partial charge in [0.05, 0.1) is 0 Å². The highest BCUT2D eigenvalue weighted by Gasteiger charge is 2.52. The van der Waals surface area contributed by atoms with E-state index in [2.05, 4.69) is 0 Å². The smallest absolute Gasteiger partial charge is 0.314 e. The van der Waals surface area contributed by atoms with Crippen molar-refractivity contribution in [3.05, 3.63) is 47.1 Å². The summed E-state index contributed by atoms with van der Waals surface area (Å²) < 4.78 is 12.8. The predicted molar refractivity (Wildman–Crippen MR) is 68.3 cm³/mol. The van der Waals surface area contributed by atoms with Gasteiger partial charge in [0.25, 0.3) is 0 Å². The zero-order chi connectivity index (χ0) is 12.8. The van der Waals surface area contributed by atoms with Crippen LogP contribution in [0.3, 0.4) is 0 Å². The number of benzene rings is 1. The molecule has 1 aromatic carbocycles. The minimum absolute atomic E-state index is 0.264. The Morgan fingerprint density at radius 3 is 2.39 bits per heavy atom. The Morgan fingerprint density at radius 1 is 1.17 bits per heavy atom. The third-order valence-electron chi connectivity index (χ3n) is 3.37. The molecule has 1 aliphatic rings. The molecule has 0 unspecified atom stereocenters. The largest absolute Gasteiger partial charge is 0.481 e. The maximum absolute atomic E-state index is 12.8. The number of carboxylic acids is 1. The Hall–Kier alpha value is -1.68. The van der Waals surface area contributed by atoms with Crippen molar-refractivity contribution in [3.8, 4) is 10.4 Å². The monoisotopic (exact) mass is 262 g/mol. The van der Waals surface area contributed by atoms with Crippen molar-refractivity contribution in [2.75, 3.05) is 0 Å². The van der Waals surface area contributed by atoms with Gasteiger partial charge >= 0.3 is 5.97 Å². The second-order valence-electron chi connectivity index (χ2n) is 4.56. The van der Waals surface area contributed by atoms with Crippen LogP contribution in [0.25, 0.3) is 10.4 Å². The van der Waals surface area contributed by atoms with Gasteiger partial charge in [-0.25, -0.2) is 4.39 Å². The van der Waals surface area contributed by atoms with E-state index in [0.29, 0.717) is 12.8 Å². The van der Waals surface area contributed by atoms with Crippen LogP contribution in [0.15, 0.2) is 36.4 Å². The lowest BCUT2D eigenvalue weighted by Crippen LogP contribution is -2.17. The first kappa shape index (κ1) is 11.4. The Kier molecular flexibility index (Phi) is 2.48. The molecule has 0 bridgehead atoms. The van der Waals surface area contributed by atoms with Gasteiger partial charge in [-0.15, -0.1) is 11.3 Å². The number of carbonyl (C=O) groups is 1. The van der Waals surface area contributed by atoms with E-state index in [-0.39, 0.29) is 5.82 Å². The van der Waals surface area contributed by atoms with Crippen molar-refractivity contribution in [1.29, 1.82) is 0 Å². The van der Waals surface area contributed by atoms with E-state index >= 15 is 0 Å². The van der Waals surface area contributed by atoms with Crippen LogP contribution in [-0.4, -0.2) is 11.1 Å². The van der Waals surface area contributed by atoms with Crippen molar-refractivity contribution in [2.24, 2.45) is 0 Å². The van der Waals surface area contributed by atoms with Gasteiger partial charge in [-0.05, 0) is 42.7 Å². The van der Waals surface area contributed by atoms with Gasteiger partial charge in [-0.3, -0.25) is 4.79 Å². The first-order valence-electron chi connectivity index (χ1n) is 5.71. The number of thiophene rings is 1. The second-order valence-corrected chi connectivity index (χ2v) is 5.64. The van der Waals surface area contributed by atoms with Crippen molar-refractivity contribution in [2.45, 2.75) is 18.3 Å². The summed E-state index contributed by atoms with van der Waals surface area (Å²) in [6.07, 6.45) is 1.43. The molecule has 2 nitrogen and oxygen atoms in total. The number of hydrogen-bond acceptors (Lipinski definition) is 2. The Balaban J connectivity index is 1.95. The van der Waals surface area contributed by atoms with Gasteiger partial charge in [0.1, 0.15) is 11.2 Å². The molecule has 0 aliphatic heterocycles. The van der Waals surface area contributed by atoms with E-state index in [9.17, 15) is 14.3 Å². The number of hydrogen-bond donors (Lipinski definition) is 1. The topological polar surface area (TPSA) is 37.3 Å². The van der Waals surface area contributed by atoms with Crippen molar-refractivity contribution >= 4 is 17.3 Å². The second kappa shape index (κ2) is 3.92. The molecule has 0 atom stereocenters. The fourth-order valence-electron chi connectivity index (χ4n) is 2.06. The molecule has 92 valence electrons. The van der Waals surface area contributed by atoms with Crippen LogP contribution in [0.2, 0.25) is 0 Å². The zero-order valence-electron chi connectivity index (χ0n) is 9.52. The van der Waals surface area contributed by atoms with Crippen LogP contribution in [0.5, 0.6) is 0 Å². The Bertz CT molecular complexity index is 597. The first-order valence-corrected chi connectivity index (χ1v) is 6.53. The number of aliphatic carboxylic acids is 1. The van der Waals surface area contributed by atoms with Gasteiger partial charge in [0, 0.05) is 9.75 Å². The molecule has 0 radical (unpaired) electrons. The highest BCUT2D eigenvalue weighted by Crippen LogP contribution is 2.51. The minimum Gasteiger partial charge on any atom is -0.481 e. The van der Waals surface area contributed by atoms with Gasteiger partial charge in [0.2, 0.25) is 0 Å².